The number of carbonyl (C=O) groups is 1. The number of carbonyl (C=O) groups excluding carboxylic acids is 1. The van der Waals surface area contributed by atoms with E-state index >= 15 is 0 Å². The molecule has 2 fully saturated rings. The van der Waals surface area contributed by atoms with Crippen molar-refractivity contribution in [2.75, 3.05) is 20.1 Å². The van der Waals surface area contributed by atoms with Crippen LogP contribution in [0.25, 0.3) is 0 Å². The van der Waals surface area contributed by atoms with Gasteiger partial charge in [0, 0.05) is 18.6 Å². The Kier molecular flexibility index (Phi) is 3.54. The summed E-state index contributed by atoms with van der Waals surface area (Å²) in [6, 6.07) is 4.11. The Bertz CT molecular complexity index is 474. The fourth-order valence-electron chi connectivity index (χ4n) is 3.44. The summed E-state index contributed by atoms with van der Waals surface area (Å²) in [5, 5.41) is 0.275. The highest BCUT2D eigenvalue weighted by atomic mass is 35.5. The summed E-state index contributed by atoms with van der Waals surface area (Å²) < 4.78 is 5.26. The summed E-state index contributed by atoms with van der Waals surface area (Å²) in [5.41, 5.74) is 0. The van der Waals surface area contributed by atoms with Gasteiger partial charge >= 0.3 is 0 Å². The van der Waals surface area contributed by atoms with Crippen molar-refractivity contribution in [1.29, 1.82) is 0 Å². The number of hydrogen-bond acceptors (Lipinski definition) is 3. The Morgan fingerprint density at radius 3 is 2.63 bits per heavy atom. The van der Waals surface area contributed by atoms with Crippen LogP contribution in [0.1, 0.15) is 36.2 Å². The third-order valence-corrected chi connectivity index (χ3v) is 4.57. The number of nitrogens with zero attached hydrogens (tertiary/aromatic N) is 2. The highest BCUT2D eigenvalue weighted by Crippen LogP contribution is 2.30. The van der Waals surface area contributed by atoms with Gasteiger partial charge in [-0.2, -0.15) is 0 Å². The number of likely N-dealkylation sites (tertiary alicyclic amines) is 2. The topological polar surface area (TPSA) is 36.7 Å². The largest absolute Gasteiger partial charge is 0.440 e. The molecule has 2 saturated heterocycles. The standard InChI is InChI=1S/C14H19ClN2O2/c1-16-8-2-4-10(16)11-5-3-9-17(11)14(18)12-6-7-13(15)19-12/h6-7,10-11H,2-5,8-9H2,1H3/t10-,11+/m0/s1. The highest BCUT2D eigenvalue weighted by Gasteiger charge is 2.39. The lowest BCUT2D eigenvalue weighted by molar-refractivity contribution is 0.0633. The first kappa shape index (κ1) is 13.0. The Morgan fingerprint density at radius 2 is 2.00 bits per heavy atom. The van der Waals surface area contributed by atoms with Gasteiger partial charge in [-0.05, 0) is 63.0 Å². The number of amides is 1. The average molecular weight is 283 g/mol. The third kappa shape index (κ3) is 2.39. The minimum Gasteiger partial charge on any atom is -0.440 e. The molecule has 3 heterocycles. The second-order valence-electron chi connectivity index (χ2n) is 5.50. The van der Waals surface area contributed by atoms with Crippen molar-refractivity contribution in [3.8, 4) is 0 Å². The number of hydrogen-bond donors (Lipinski definition) is 0. The van der Waals surface area contributed by atoms with Gasteiger partial charge in [0.2, 0.25) is 0 Å². The molecule has 104 valence electrons. The number of furan rings is 1. The van der Waals surface area contributed by atoms with E-state index in [-0.39, 0.29) is 11.1 Å². The summed E-state index contributed by atoms with van der Waals surface area (Å²) in [5.74, 6) is 0.340. The molecule has 0 bridgehead atoms. The molecule has 0 spiro atoms. The first-order chi connectivity index (χ1) is 9.16. The van der Waals surface area contributed by atoms with Gasteiger partial charge in [-0.1, -0.05) is 0 Å². The molecule has 1 aromatic rings. The third-order valence-electron chi connectivity index (χ3n) is 4.37. The lowest BCUT2D eigenvalue weighted by Gasteiger charge is -2.32. The molecular formula is C14H19ClN2O2. The van der Waals surface area contributed by atoms with E-state index in [1.54, 1.807) is 12.1 Å². The van der Waals surface area contributed by atoms with Crippen molar-refractivity contribution in [1.82, 2.24) is 9.80 Å². The minimum atomic E-state index is -0.0188. The van der Waals surface area contributed by atoms with Crippen LogP contribution >= 0.6 is 11.6 Å². The SMILES string of the molecule is CN1CCC[C@H]1[C@H]1CCCN1C(=O)c1ccc(Cl)o1. The molecule has 2 aliphatic rings. The van der Waals surface area contributed by atoms with Crippen LogP contribution in [-0.2, 0) is 0 Å². The average Bonchev–Trinajstić information content (AvgIpc) is 3.07. The molecule has 0 saturated carbocycles. The van der Waals surface area contributed by atoms with E-state index in [1.807, 2.05) is 4.90 Å². The van der Waals surface area contributed by atoms with E-state index in [1.165, 1.54) is 12.8 Å². The summed E-state index contributed by atoms with van der Waals surface area (Å²) in [6.45, 7) is 1.96. The molecule has 0 radical (unpaired) electrons. The molecule has 5 heteroatoms. The van der Waals surface area contributed by atoms with Crippen molar-refractivity contribution in [2.45, 2.75) is 37.8 Å². The van der Waals surface area contributed by atoms with Crippen molar-refractivity contribution < 1.29 is 9.21 Å². The van der Waals surface area contributed by atoms with E-state index in [9.17, 15) is 4.79 Å². The summed E-state index contributed by atoms with van der Waals surface area (Å²) in [6.07, 6.45) is 4.58. The van der Waals surface area contributed by atoms with Gasteiger partial charge in [0.1, 0.15) is 0 Å². The number of likely N-dealkylation sites (N-methyl/N-ethyl adjacent to an activating group) is 1. The normalized spacial score (nSPS) is 28.2. The Hall–Kier alpha value is -1.00. The summed E-state index contributed by atoms with van der Waals surface area (Å²) in [4.78, 5) is 16.8. The fraction of sp³-hybridized carbons (Fsp3) is 0.643. The van der Waals surface area contributed by atoms with Crippen molar-refractivity contribution in [3.63, 3.8) is 0 Å². The van der Waals surface area contributed by atoms with Gasteiger partial charge in [-0.15, -0.1) is 0 Å². The van der Waals surface area contributed by atoms with Crippen molar-refractivity contribution in [3.05, 3.63) is 23.1 Å². The van der Waals surface area contributed by atoms with Gasteiger partial charge in [0.05, 0.1) is 0 Å². The summed E-state index contributed by atoms with van der Waals surface area (Å²) >= 11 is 5.75. The Balaban J connectivity index is 1.77. The van der Waals surface area contributed by atoms with Gasteiger partial charge in [-0.3, -0.25) is 4.79 Å². The molecule has 2 atom stereocenters. The molecule has 1 amide bonds. The van der Waals surface area contributed by atoms with Crippen LogP contribution in [0.4, 0.5) is 0 Å². The minimum absolute atomic E-state index is 0.0188. The molecule has 0 aromatic carbocycles. The molecule has 0 aliphatic carbocycles. The first-order valence-electron chi connectivity index (χ1n) is 6.93. The lowest BCUT2D eigenvalue weighted by atomic mass is 10.0. The summed E-state index contributed by atoms with van der Waals surface area (Å²) in [7, 11) is 2.16. The zero-order valence-corrected chi connectivity index (χ0v) is 11.9. The molecule has 0 unspecified atom stereocenters. The fourth-order valence-corrected chi connectivity index (χ4v) is 3.58. The van der Waals surface area contributed by atoms with E-state index in [0.29, 0.717) is 17.8 Å². The molecule has 2 aliphatic heterocycles. The molecule has 19 heavy (non-hydrogen) atoms. The van der Waals surface area contributed by atoms with Crippen LogP contribution in [0, 0.1) is 0 Å². The zero-order valence-electron chi connectivity index (χ0n) is 11.1. The van der Waals surface area contributed by atoms with Crippen LogP contribution in [0.15, 0.2) is 16.5 Å². The van der Waals surface area contributed by atoms with Crippen LogP contribution in [0.2, 0.25) is 5.22 Å². The second-order valence-corrected chi connectivity index (χ2v) is 5.87. The van der Waals surface area contributed by atoms with Gasteiger partial charge < -0.3 is 14.2 Å². The maximum absolute atomic E-state index is 12.5. The van der Waals surface area contributed by atoms with Crippen molar-refractivity contribution in [2.24, 2.45) is 0 Å². The second kappa shape index (κ2) is 5.17. The van der Waals surface area contributed by atoms with Gasteiger partial charge in [0.25, 0.3) is 5.91 Å². The predicted octanol–water partition coefficient (Wildman–Crippen LogP) is 2.63. The van der Waals surface area contributed by atoms with Gasteiger partial charge in [0.15, 0.2) is 11.0 Å². The molecule has 1 aromatic heterocycles. The molecule has 3 rings (SSSR count). The predicted molar refractivity (Wildman–Crippen MR) is 73.4 cm³/mol. The monoisotopic (exact) mass is 282 g/mol. The maximum atomic E-state index is 12.5. The van der Waals surface area contributed by atoms with E-state index in [2.05, 4.69) is 11.9 Å². The van der Waals surface area contributed by atoms with Crippen LogP contribution < -0.4 is 0 Å². The first-order valence-corrected chi connectivity index (χ1v) is 7.31. The van der Waals surface area contributed by atoms with Crippen LogP contribution in [0.5, 0.6) is 0 Å². The number of halogens is 1. The Morgan fingerprint density at radius 1 is 1.26 bits per heavy atom. The molecule has 0 N–H and O–H groups in total. The van der Waals surface area contributed by atoms with E-state index in [4.69, 9.17) is 16.0 Å². The smallest absolute Gasteiger partial charge is 0.289 e. The highest BCUT2D eigenvalue weighted by molar-refractivity contribution is 6.29. The van der Waals surface area contributed by atoms with Crippen LogP contribution in [0.3, 0.4) is 0 Å². The van der Waals surface area contributed by atoms with Gasteiger partial charge in [-0.25, -0.2) is 0 Å². The quantitative estimate of drug-likeness (QED) is 0.837. The molecular weight excluding hydrogens is 264 g/mol. The number of rotatable bonds is 2. The maximum Gasteiger partial charge on any atom is 0.289 e. The van der Waals surface area contributed by atoms with E-state index < -0.39 is 0 Å². The van der Waals surface area contributed by atoms with E-state index in [0.717, 1.165) is 25.9 Å². The zero-order chi connectivity index (χ0) is 13.4. The Labute approximate surface area is 118 Å². The van der Waals surface area contributed by atoms with Crippen molar-refractivity contribution >= 4 is 17.5 Å². The van der Waals surface area contributed by atoms with Crippen LogP contribution in [-0.4, -0.2) is 47.9 Å². The lowest BCUT2D eigenvalue weighted by Crippen LogP contribution is -2.47. The molecule has 4 nitrogen and oxygen atoms in total.